The van der Waals surface area contributed by atoms with Crippen molar-refractivity contribution in [3.63, 3.8) is 0 Å². The lowest BCUT2D eigenvalue weighted by Crippen LogP contribution is -2.16. The van der Waals surface area contributed by atoms with E-state index in [0.717, 1.165) is 22.3 Å². The number of hydrogen-bond acceptors (Lipinski definition) is 6. The zero-order valence-electron chi connectivity index (χ0n) is 22.2. The van der Waals surface area contributed by atoms with E-state index in [0.29, 0.717) is 35.7 Å². The van der Waals surface area contributed by atoms with Crippen LogP contribution in [0.5, 0.6) is 0 Å². The lowest BCUT2D eigenvalue weighted by Gasteiger charge is -2.12. The molecule has 4 heterocycles. The lowest BCUT2D eigenvalue weighted by molar-refractivity contribution is 0.603. The highest BCUT2D eigenvalue weighted by atomic mass is 19.1. The van der Waals surface area contributed by atoms with E-state index < -0.39 is 5.82 Å². The predicted molar refractivity (Wildman–Crippen MR) is 159 cm³/mol. The summed E-state index contributed by atoms with van der Waals surface area (Å²) in [6.45, 7) is 7.07. The number of allylic oxidation sites excluding steroid dienone is 3. The number of aromatic amines is 1. The summed E-state index contributed by atoms with van der Waals surface area (Å²) in [6.07, 6.45) is 10.5. The summed E-state index contributed by atoms with van der Waals surface area (Å²) in [4.78, 5) is 21.1. The highest BCUT2D eigenvalue weighted by Gasteiger charge is 2.19. The Balaban J connectivity index is 1.40. The molecule has 4 aromatic heterocycles. The molecule has 0 bridgehead atoms. The number of benzene rings is 1. The van der Waals surface area contributed by atoms with Gasteiger partial charge < -0.3 is 16.0 Å². The second kappa shape index (κ2) is 12.3. The van der Waals surface area contributed by atoms with Crippen molar-refractivity contribution < 1.29 is 4.39 Å². The molecule has 0 saturated heterocycles. The van der Waals surface area contributed by atoms with E-state index in [9.17, 15) is 0 Å². The van der Waals surface area contributed by atoms with E-state index in [1.807, 2.05) is 61.5 Å². The standard InChI is InChI=1S/C32H30FN7/c1-3-21(18-35-19-22-10-6-5-7-11-22)16-23(4-2)30-29(33)25(26(34)20-38-30)17-28-39-31-24(13-15-37-32(31)40-28)27-12-8-9-14-36-27/h3-16,20,35H,1,17-19,34H2,2H3,(H,37,39,40)/b21-16+,23-4+. The second-order valence-electron chi connectivity index (χ2n) is 9.24. The molecule has 5 aromatic rings. The van der Waals surface area contributed by atoms with E-state index in [1.54, 1.807) is 18.5 Å². The first-order chi connectivity index (χ1) is 19.6. The average molecular weight is 532 g/mol. The number of rotatable bonds is 10. The Bertz CT molecular complexity index is 1690. The molecule has 1 aromatic carbocycles. The number of anilines is 1. The maximum absolute atomic E-state index is 16.0. The SMILES string of the molecule is C=C/C(=C\C(=C/C)c1ncc(N)c(Cc2nc3nccc(-c4ccccn4)c3[nH]2)c1F)CNCc1ccccc1. The molecular weight excluding hydrogens is 501 g/mol. The normalized spacial score (nSPS) is 12.2. The van der Waals surface area contributed by atoms with Crippen molar-refractivity contribution in [3.05, 3.63) is 132 Å². The first kappa shape index (κ1) is 26.6. The van der Waals surface area contributed by atoms with E-state index in [1.165, 1.54) is 11.8 Å². The Labute approximate surface area is 232 Å². The second-order valence-corrected chi connectivity index (χ2v) is 9.24. The van der Waals surface area contributed by atoms with Crippen LogP contribution < -0.4 is 11.1 Å². The Morgan fingerprint density at radius 2 is 1.88 bits per heavy atom. The third-order valence-electron chi connectivity index (χ3n) is 6.57. The van der Waals surface area contributed by atoms with Crippen LogP contribution in [0.15, 0.2) is 104 Å². The van der Waals surface area contributed by atoms with Gasteiger partial charge in [0.1, 0.15) is 11.5 Å². The molecule has 0 spiro atoms. The fourth-order valence-electron chi connectivity index (χ4n) is 4.48. The molecule has 0 radical (unpaired) electrons. The van der Waals surface area contributed by atoms with Gasteiger partial charge in [-0.3, -0.25) is 9.97 Å². The number of halogens is 1. The maximum atomic E-state index is 16.0. The van der Waals surface area contributed by atoms with Crippen molar-refractivity contribution >= 4 is 22.4 Å². The number of aromatic nitrogens is 5. The van der Waals surface area contributed by atoms with Gasteiger partial charge in [0.25, 0.3) is 0 Å². The molecule has 0 atom stereocenters. The van der Waals surface area contributed by atoms with Crippen LogP contribution >= 0.6 is 0 Å². The quantitative estimate of drug-likeness (QED) is 0.190. The lowest BCUT2D eigenvalue weighted by atomic mass is 10.0. The minimum absolute atomic E-state index is 0.152. The van der Waals surface area contributed by atoms with Crippen LogP contribution in [0.4, 0.5) is 10.1 Å². The molecule has 7 nitrogen and oxygen atoms in total. The summed E-state index contributed by atoms with van der Waals surface area (Å²) in [7, 11) is 0. The highest BCUT2D eigenvalue weighted by Crippen LogP contribution is 2.28. The van der Waals surface area contributed by atoms with E-state index >= 15 is 4.39 Å². The van der Waals surface area contributed by atoms with Gasteiger partial charge in [-0.2, -0.15) is 0 Å². The van der Waals surface area contributed by atoms with Crippen molar-refractivity contribution in [2.24, 2.45) is 0 Å². The zero-order valence-corrected chi connectivity index (χ0v) is 22.2. The molecular formula is C32H30FN7. The number of nitrogen functional groups attached to an aromatic ring is 1. The summed E-state index contributed by atoms with van der Waals surface area (Å²) in [5, 5.41) is 3.41. The van der Waals surface area contributed by atoms with Gasteiger partial charge in [-0.05, 0) is 47.9 Å². The first-order valence-corrected chi connectivity index (χ1v) is 13.0. The number of H-pyrrole nitrogens is 1. The minimum atomic E-state index is -0.483. The number of nitrogens with zero attached hydrogens (tertiary/aromatic N) is 4. The molecule has 0 saturated carbocycles. The summed E-state index contributed by atoms with van der Waals surface area (Å²) >= 11 is 0. The molecule has 0 unspecified atom stereocenters. The van der Waals surface area contributed by atoms with E-state index in [-0.39, 0.29) is 17.8 Å². The van der Waals surface area contributed by atoms with Gasteiger partial charge in [-0.25, -0.2) is 14.4 Å². The zero-order chi connectivity index (χ0) is 27.9. The Kier molecular flexibility index (Phi) is 8.18. The van der Waals surface area contributed by atoms with Gasteiger partial charge in [-0.15, -0.1) is 0 Å². The van der Waals surface area contributed by atoms with Gasteiger partial charge in [0.2, 0.25) is 0 Å². The van der Waals surface area contributed by atoms with E-state index in [4.69, 9.17) is 5.73 Å². The number of nitrogens with two attached hydrogens (primary N) is 1. The fraction of sp³-hybridized carbons (Fsp3) is 0.125. The third-order valence-corrected chi connectivity index (χ3v) is 6.57. The topological polar surface area (TPSA) is 105 Å². The van der Waals surface area contributed by atoms with Crippen LogP contribution in [0.1, 0.15) is 29.6 Å². The summed E-state index contributed by atoms with van der Waals surface area (Å²) in [5.41, 5.74) is 12.7. The van der Waals surface area contributed by atoms with Crippen molar-refractivity contribution in [1.29, 1.82) is 0 Å². The number of nitrogens with one attached hydrogen (secondary N) is 2. The Morgan fingerprint density at radius 3 is 2.62 bits per heavy atom. The van der Waals surface area contributed by atoms with Gasteiger partial charge in [0, 0.05) is 43.0 Å². The fourth-order valence-corrected chi connectivity index (χ4v) is 4.48. The average Bonchev–Trinajstić information content (AvgIpc) is 3.41. The smallest absolute Gasteiger partial charge is 0.178 e. The summed E-state index contributed by atoms with van der Waals surface area (Å²) in [5.74, 6) is 0.0615. The van der Waals surface area contributed by atoms with Crippen LogP contribution in [0.25, 0.3) is 28.0 Å². The molecule has 0 aliphatic rings. The Morgan fingerprint density at radius 1 is 1.05 bits per heavy atom. The van der Waals surface area contributed by atoms with Crippen LogP contribution in [-0.4, -0.2) is 31.5 Å². The van der Waals surface area contributed by atoms with Crippen molar-refractivity contribution in [2.75, 3.05) is 12.3 Å². The van der Waals surface area contributed by atoms with Crippen LogP contribution in [-0.2, 0) is 13.0 Å². The molecule has 200 valence electrons. The van der Waals surface area contributed by atoms with Crippen LogP contribution in [0.2, 0.25) is 0 Å². The first-order valence-electron chi connectivity index (χ1n) is 13.0. The summed E-state index contributed by atoms with van der Waals surface area (Å²) < 4.78 is 16.0. The highest BCUT2D eigenvalue weighted by molar-refractivity contribution is 5.88. The molecule has 0 fully saturated rings. The maximum Gasteiger partial charge on any atom is 0.178 e. The van der Waals surface area contributed by atoms with Gasteiger partial charge >= 0.3 is 0 Å². The van der Waals surface area contributed by atoms with Gasteiger partial charge in [-0.1, -0.05) is 55.1 Å². The molecule has 0 aliphatic carbocycles. The van der Waals surface area contributed by atoms with E-state index in [2.05, 4.69) is 48.9 Å². The van der Waals surface area contributed by atoms with Gasteiger partial charge in [0.15, 0.2) is 11.5 Å². The molecule has 0 aliphatic heterocycles. The number of fused-ring (bicyclic) bond motifs is 1. The molecule has 8 heteroatoms. The summed E-state index contributed by atoms with van der Waals surface area (Å²) in [6, 6.07) is 17.7. The molecule has 5 rings (SSSR count). The van der Waals surface area contributed by atoms with Gasteiger partial charge in [0.05, 0.1) is 23.1 Å². The minimum Gasteiger partial charge on any atom is -0.397 e. The number of hydrogen-bond donors (Lipinski definition) is 3. The van der Waals surface area contributed by atoms with Crippen LogP contribution in [0, 0.1) is 5.82 Å². The molecule has 4 N–H and O–H groups in total. The third kappa shape index (κ3) is 5.87. The number of pyridine rings is 3. The largest absolute Gasteiger partial charge is 0.397 e. The van der Waals surface area contributed by atoms with Crippen LogP contribution in [0.3, 0.4) is 0 Å². The monoisotopic (exact) mass is 531 g/mol. The Hall–Kier alpha value is -4.95. The molecule has 0 amide bonds. The predicted octanol–water partition coefficient (Wildman–Crippen LogP) is 6.03. The van der Waals surface area contributed by atoms with Crippen molar-refractivity contribution in [3.8, 4) is 11.3 Å². The van der Waals surface area contributed by atoms with Crippen molar-refractivity contribution in [2.45, 2.75) is 19.9 Å². The van der Waals surface area contributed by atoms with Crippen molar-refractivity contribution in [1.82, 2.24) is 30.2 Å². The molecule has 40 heavy (non-hydrogen) atoms. The number of imidazole rings is 1.